The third kappa shape index (κ3) is 7.50. The van der Waals surface area contributed by atoms with Gasteiger partial charge < -0.3 is 29.3 Å². The first-order valence-electron chi connectivity index (χ1n) is 12.3. The van der Waals surface area contributed by atoms with Crippen LogP contribution in [0.3, 0.4) is 0 Å². The Hall–Kier alpha value is -3.50. The highest BCUT2D eigenvalue weighted by atomic mass is 16.5. The van der Waals surface area contributed by atoms with Crippen molar-refractivity contribution in [2.24, 2.45) is 5.92 Å². The molecular weight excluding hydrogens is 476 g/mol. The van der Waals surface area contributed by atoms with E-state index in [-0.39, 0.29) is 55.4 Å². The minimum atomic E-state index is -0.332. The van der Waals surface area contributed by atoms with Crippen LogP contribution in [0.25, 0.3) is 0 Å². The second kappa shape index (κ2) is 13.2. The number of benzene rings is 1. The minimum absolute atomic E-state index is 0.0607. The van der Waals surface area contributed by atoms with Gasteiger partial charge in [0, 0.05) is 57.9 Å². The van der Waals surface area contributed by atoms with Gasteiger partial charge in [0.2, 0.25) is 11.8 Å². The number of fused-ring (bicyclic) bond motifs is 1. The molecule has 0 spiro atoms. The molecule has 1 aliphatic heterocycles. The summed E-state index contributed by atoms with van der Waals surface area (Å²) in [5, 5.41) is 2.72. The summed E-state index contributed by atoms with van der Waals surface area (Å²) < 4.78 is 16.7. The van der Waals surface area contributed by atoms with E-state index in [2.05, 4.69) is 10.3 Å². The molecule has 3 rings (SSSR count). The quantitative estimate of drug-likeness (QED) is 0.632. The van der Waals surface area contributed by atoms with E-state index in [1.54, 1.807) is 48.4 Å². The Labute approximate surface area is 217 Å². The largest absolute Gasteiger partial charge is 0.491 e. The van der Waals surface area contributed by atoms with Crippen LogP contribution in [0.1, 0.15) is 29.9 Å². The standard InChI is InChI=1S/C27H36N4O6/c1-18-14-31(26(33)13-20-8-6-7-11-28-20)19(2)16-37-23-10-9-21(29-25(32)17-35-4)12-22(23)27(34)30(3)15-24(18)36-5/h6-12,18-19,24H,13-17H2,1-5H3,(H,29,32)/t18-,19-,24+/m1/s1. The molecule has 0 aliphatic carbocycles. The number of nitrogens with zero attached hydrogens (tertiary/aromatic N) is 3. The fraction of sp³-hybridized carbons (Fsp3) is 0.481. The smallest absolute Gasteiger partial charge is 0.257 e. The highest BCUT2D eigenvalue weighted by Crippen LogP contribution is 2.26. The number of methoxy groups -OCH3 is 2. The van der Waals surface area contributed by atoms with Crippen LogP contribution in [0.2, 0.25) is 0 Å². The Morgan fingerprint density at radius 3 is 2.62 bits per heavy atom. The fourth-order valence-corrected chi connectivity index (χ4v) is 4.29. The molecule has 3 amide bonds. The fourth-order valence-electron chi connectivity index (χ4n) is 4.29. The molecule has 0 bridgehead atoms. The molecule has 0 saturated carbocycles. The summed E-state index contributed by atoms with van der Waals surface area (Å²) in [5.74, 6) is -0.346. The summed E-state index contributed by atoms with van der Waals surface area (Å²) in [4.78, 5) is 46.5. The molecule has 2 heterocycles. The predicted molar refractivity (Wildman–Crippen MR) is 138 cm³/mol. The Morgan fingerprint density at radius 2 is 1.95 bits per heavy atom. The van der Waals surface area contributed by atoms with Gasteiger partial charge in [-0.15, -0.1) is 0 Å². The third-order valence-electron chi connectivity index (χ3n) is 6.38. The number of aromatic nitrogens is 1. The summed E-state index contributed by atoms with van der Waals surface area (Å²) in [5.41, 5.74) is 1.45. The zero-order valence-corrected chi connectivity index (χ0v) is 22.1. The molecule has 3 atom stereocenters. The van der Waals surface area contributed by atoms with Crippen molar-refractivity contribution in [3.63, 3.8) is 0 Å². The molecule has 0 fully saturated rings. The topological polar surface area (TPSA) is 110 Å². The molecule has 200 valence electrons. The van der Waals surface area contributed by atoms with Crippen molar-refractivity contribution < 1.29 is 28.6 Å². The number of rotatable bonds is 6. The molecule has 10 heteroatoms. The highest BCUT2D eigenvalue weighted by Gasteiger charge is 2.30. The van der Waals surface area contributed by atoms with Gasteiger partial charge in [-0.25, -0.2) is 0 Å². The second-order valence-electron chi connectivity index (χ2n) is 9.33. The minimum Gasteiger partial charge on any atom is -0.491 e. The number of hydrogen-bond donors (Lipinski definition) is 1. The van der Waals surface area contributed by atoms with E-state index in [9.17, 15) is 14.4 Å². The number of hydrogen-bond acceptors (Lipinski definition) is 7. The summed E-state index contributed by atoms with van der Waals surface area (Å²) >= 11 is 0. The van der Waals surface area contributed by atoms with Crippen molar-refractivity contribution in [1.82, 2.24) is 14.8 Å². The van der Waals surface area contributed by atoms with Crippen molar-refractivity contribution in [3.8, 4) is 5.75 Å². The number of nitrogens with one attached hydrogen (secondary N) is 1. The molecule has 1 aromatic heterocycles. The van der Waals surface area contributed by atoms with Crippen molar-refractivity contribution in [2.75, 3.05) is 52.9 Å². The van der Waals surface area contributed by atoms with Gasteiger partial charge >= 0.3 is 0 Å². The number of anilines is 1. The lowest BCUT2D eigenvalue weighted by Crippen LogP contribution is -2.49. The summed E-state index contributed by atoms with van der Waals surface area (Å²) in [6.45, 7) is 4.75. The van der Waals surface area contributed by atoms with Crippen LogP contribution in [0.4, 0.5) is 5.69 Å². The van der Waals surface area contributed by atoms with Gasteiger partial charge in [0.25, 0.3) is 5.91 Å². The summed E-state index contributed by atoms with van der Waals surface area (Å²) in [6, 6.07) is 10.1. The van der Waals surface area contributed by atoms with E-state index in [0.717, 1.165) is 0 Å². The SMILES string of the molecule is COCC(=O)Nc1ccc2c(c1)C(=O)N(C)C[C@H](OC)[C@H](C)CN(C(=O)Cc1ccccn1)[C@H](C)CO2. The molecule has 0 saturated heterocycles. The normalized spacial score (nSPS) is 20.8. The Morgan fingerprint density at radius 1 is 1.16 bits per heavy atom. The van der Waals surface area contributed by atoms with Crippen molar-refractivity contribution in [1.29, 1.82) is 0 Å². The van der Waals surface area contributed by atoms with Crippen molar-refractivity contribution in [2.45, 2.75) is 32.4 Å². The van der Waals surface area contributed by atoms with E-state index in [0.29, 0.717) is 35.8 Å². The summed E-state index contributed by atoms with van der Waals surface area (Å²) in [6.07, 6.45) is 1.54. The summed E-state index contributed by atoms with van der Waals surface area (Å²) in [7, 11) is 4.73. The zero-order chi connectivity index (χ0) is 26.9. The van der Waals surface area contributed by atoms with E-state index in [1.807, 2.05) is 32.0 Å². The van der Waals surface area contributed by atoms with Gasteiger partial charge in [0.1, 0.15) is 19.0 Å². The van der Waals surface area contributed by atoms with Crippen LogP contribution in [0.15, 0.2) is 42.6 Å². The Bertz CT molecular complexity index is 1080. The van der Waals surface area contributed by atoms with Crippen molar-refractivity contribution >= 4 is 23.4 Å². The molecule has 0 radical (unpaired) electrons. The predicted octanol–water partition coefficient (Wildman–Crippen LogP) is 2.24. The molecule has 2 aromatic rings. The van der Waals surface area contributed by atoms with Gasteiger partial charge in [-0.1, -0.05) is 13.0 Å². The molecule has 0 unspecified atom stereocenters. The lowest BCUT2D eigenvalue weighted by atomic mass is 10.0. The molecule has 1 N–H and O–H groups in total. The van der Waals surface area contributed by atoms with E-state index < -0.39 is 0 Å². The molecule has 1 aliphatic rings. The first-order valence-corrected chi connectivity index (χ1v) is 12.3. The third-order valence-corrected chi connectivity index (χ3v) is 6.38. The van der Waals surface area contributed by atoms with Gasteiger partial charge in [-0.3, -0.25) is 19.4 Å². The highest BCUT2D eigenvalue weighted by molar-refractivity contribution is 5.99. The maximum atomic E-state index is 13.4. The van der Waals surface area contributed by atoms with Crippen LogP contribution in [0.5, 0.6) is 5.75 Å². The van der Waals surface area contributed by atoms with Crippen LogP contribution >= 0.6 is 0 Å². The number of ether oxygens (including phenoxy) is 3. The number of pyridine rings is 1. The maximum absolute atomic E-state index is 13.4. The lowest BCUT2D eigenvalue weighted by Gasteiger charge is -2.36. The lowest BCUT2D eigenvalue weighted by molar-refractivity contribution is -0.134. The van der Waals surface area contributed by atoms with Crippen molar-refractivity contribution in [3.05, 3.63) is 53.9 Å². The molecular formula is C27H36N4O6. The van der Waals surface area contributed by atoms with Crippen LogP contribution < -0.4 is 10.1 Å². The molecule has 37 heavy (non-hydrogen) atoms. The van der Waals surface area contributed by atoms with E-state index >= 15 is 0 Å². The average molecular weight is 513 g/mol. The van der Waals surface area contributed by atoms with Crippen LogP contribution in [-0.4, -0.2) is 92.2 Å². The van der Waals surface area contributed by atoms with Gasteiger partial charge in [0.05, 0.1) is 24.1 Å². The van der Waals surface area contributed by atoms with Gasteiger partial charge in [-0.05, 0) is 37.3 Å². The first kappa shape index (κ1) is 28.1. The zero-order valence-electron chi connectivity index (χ0n) is 22.1. The van der Waals surface area contributed by atoms with Crippen LogP contribution in [0, 0.1) is 5.92 Å². The number of carbonyl (C=O) groups excluding carboxylic acids is 3. The molecule has 10 nitrogen and oxygen atoms in total. The molecule has 1 aromatic carbocycles. The number of amides is 3. The maximum Gasteiger partial charge on any atom is 0.257 e. The first-order chi connectivity index (χ1) is 17.7. The van der Waals surface area contributed by atoms with E-state index in [4.69, 9.17) is 14.2 Å². The van der Waals surface area contributed by atoms with Gasteiger partial charge in [0.15, 0.2) is 0 Å². The number of carbonyl (C=O) groups is 3. The second-order valence-corrected chi connectivity index (χ2v) is 9.33. The van der Waals surface area contributed by atoms with E-state index in [1.165, 1.54) is 7.11 Å². The number of likely N-dealkylation sites (N-methyl/N-ethyl adjacent to an activating group) is 1. The Kier molecular flexibility index (Phi) is 9.99. The van der Waals surface area contributed by atoms with Gasteiger partial charge in [-0.2, -0.15) is 0 Å². The monoisotopic (exact) mass is 512 g/mol. The van der Waals surface area contributed by atoms with Crippen LogP contribution in [-0.2, 0) is 25.5 Å². The average Bonchev–Trinajstić information content (AvgIpc) is 2.88. The Balaban J connectivity index is 1.92.